The van der Waals surface area contributed by atoms with Crippen LogP contribution in [0, 0.1) is 13.8 Å². The summed E-state index contributed by atoms with van der Waals surface area (Å²) < 4.78 is 0. The summed E-state index contributed by atoms with van der Waals surface area (Å²) in [6.45, 7) is 14.8. The quantitative estimate of drug-likeness (QED) is 0.393. The third kappa shape index (κ3) is 5.03. The van der Waals surface area contributed by atoms with Crippen molar-refractivity contribution in [3.8, 4) is 0 Å². The van der Waals surface area contributed by atoms with Crippen molar-refractivity contribution in [1.82, 2.24) is 25.4 Å². The standard InChI is InChI=1S/C16H28N6S.HI/c1-4-17-16(19-10-15-12(2)20-13(3)23-15)18-9-14-11-21-5-7-22(14)8-6-21;/h14H,4-11H2,1-3H3,(H2,17,18,19);1H. The number of piperazine rings is 3. The highest BCUT2D eigenvalue weighted by atomic mass is 127. The summed E-state index contributed by atoms with van der Waals surface area (Å²) in [4.78, 5) is 15.6. The maximum Gasteiger partial charge on any atom is 0.191 e. The van der Waals surface area contributed by atoms with E-state index in [-0.39, 0.29) is 24.0 Å². The average molecular weight is 464 g/mol. The molecule has 3 aliphatic heterocycles. The maximum atomic E-state index is 4.74. The summed E-state index contributed by atoms with van der Waals surface area (Å²) in [6, 6.07) is 0.605. The fraction of sp³-hybridized carbons (Fsp3) is 0.750. The van der Waals surface area contributed by atoms with E-state index >= 15 is 0 Å². The molecule has 1 aromatic heterocycles. The molecule has 1 aromatic rings. The van der Waals surface area contributed by atoms with Gasteiger partial charge in [0.15, 0.2) is 5.96 Å². The van der Waals surface area contributed by atoms with Crippen LogP contribution in [0.15, 0.2) is 4.99 Å². The molecule has 1 atom stereocenters. The fourth-order valence-corrected chi connectivity index (χ4v) is 4.21. The van der Waals surface area contributed by atoms with Gasteiger partial charge in [0, 0.05) is 56.7 Å². The molecule has 3 fully saturated rings. The first kappa shape index (κ1) is 19.9. The van der Waals surface area contributed by atoms with Crippen LogP contribution in [-0.2, 0) is 6.54 Å². The first-order chi connectivity index (χ1) is 11.2. The molecular weight excluding hydrogens is 435 g/mol. The third-order valence-electron chi connectivity index (χ3n) is 4.62. The van der Waals surface area contributed by atoms with Gasteiger partial charge < -0.3 is 10.6 Å². The highest BCUT2D eigenvalue weighted by Crippen LogP contribution is 2.18. The molecule has 0 spiro atoms. The lowest BCUT2D eigenvalue weighted by atomic mass is 10.1. The molecule has 0 aromatic carbocycles. The van der Waals surface area contributed by atoms with Gasteiger partial charge in [-0.25, -0.2) is 9.98 Å². The van der Waals surface area contributed by atoms with Gasteiger partial charge in [0.25, 0.3) is 0 Å². The van der Waals surface area contributed by atoms with E-state index in [0.29, 0.717) is 12.6 Å². The lowest BCUT2D eigenvalue weighted by molar-refractivity contribution is 0.0154. The maximum absolute atomic E-state index is 4.74. The van der Waals surface area contributed by atoms with E-state index in [0.717, 1.165) is 29.8 Å². The lowest BCUT2D eigenvalue weighted by Crippen LogP contribution is -2.63. The zero-order valence-electron chi connectivity index (χ0n) is 14.8. The van der Waals surface area contributed by atoms with Gasteiger partial charge in [-0.3, -0.25) is 9.80 Å². The van der Waals surface area contributed by atoms with Crippen molar-refractivity contribution < 1.29 is 0 Å². The van der Waals surface area contributed by atoms with Crippen LogP contribution in [0.2, 0.25) is 0 Å². The van der Waals surface area contributed by atoms with Crippen molar-refractivity contribution in [3.63, 3.8) is 0 Å². The number of aromatic nitrogens is 1. The van der Waals surface area contributed by atoms with E-state index in [1.165, 1.54) is 37.6 Å². The number of thiazole rings is 1. The molecule has 2 bridgehead atoms. The second kappa shape index (κ2) is 9.30. The lowest BCUT2D eigenvalue weighted by Gasteiger charge is -2.47. The van der Waals surface area contributed by atoms with Crippen LogP contribution in [0.1, 0.15) is 22.5 Å². The van der Waals surface area contributed by atoms with Crippen LogP contribution in [0.3, 0.4) is 0 Å². The second-order valence-electron chi connectivity index (χ2n) is 6.31. The number of hydrogen-bond acceptors (Lipinski definition) is 5. The molecular formula is C16H29IN6S. The van der Waals surface area contributed by atoms with Crippen molar-refractivity contribution in [2.24, 2.45) is 4.99 Å². The largest absolute Gasteiger partial charge is 0.357 e. The van der Waals surface area contributed by atoms with Crippen molar-refractivity contribution >= 4 is 41.3 Å². The number of halogens is 1. The summed E-state index contributed by atoms with van der Waals surface area (Å²) in [5.41, 5.74) is 1.11. The average Bonchev–Trinajstić information content (AvgIpc) is 2.89. The number of hydrogen-bond donors (Lipinski definition) is 2. The van der Waals surface area contributed by atoms with Gasteiger partial charge in [0.2, 0.25) is 0 Å². The summed E-state index contributed by atoms with van der Waals surface area (Å²) in [6.07, 6.45) is 0. The predicted octanol–water partition coefficient (Wildman–Crippen LogP) is 1.43. The molecule has 4 rings (SSSR count). The monoisotopic (exact) mass is 464 g/mol. The number of aliphatic imine (C=N–C) groups is 1. The molecule has 1 unspecified atom stereocenters. The van der Waals surface area contributed by atoms with E-state index in [1.54, 1.807) is 11.3 Å². The van der Waals surface area contributed by atoms with Crippen LogP contribution in [0.4, 0.5) is 0 Å². The Morgan fingerprint density at radius 1 is 1.25 bits per heavy atom. The third-order valence-corrected chi connectivity index (χ3v) is 5.68. The Hall–Kier alpha value is -0.450. The van der Waals surface area contributed by atoms with Gasteiger partial charge in [0.1, 0.15) is 0 Å². The van der Waals surface area contributed by atoms with E-state index in [2.05, 4.69) is 46.2 Å². The summed E-state index contributed by atoms with van der Waals surface area (Å²) in [5.74, 6) is 0.913. The first-order valence-corrected chi connectivity index (χ1v) is 9.39. The van der Waals surface area contributed by atoms with E-state index in [4.69, 9.17) is 4.99 Å². The topological polar surface area (TPSA) is 55.8 Å². The van der Waals surface area contributed by atoms with Crippen molar-refractivity contribution in [3.05, 3.63) is 15.6 Å². The van der Waals surface area contributed by atoms with Crippen LogP contribution in [0.5, 0.6) is 0 Å². The Bertz CT molecular complexity index is 553. The zero-order valence-corrected chi connectivity index (χ0v) is 18.0. The fourth-order valence-electron chi connectivity index (χ4n) is 3.35. The first-order valence-electron chi connectivity index (χ1n) is 8.57. The zero-order chi connectivity index (χ0) is 16.2. The molecule has 0 radical (unpaired) electrons. The minimum atomic E-state index is 0. The highest BCUT2D eigenvalue weighted by Gasteiger charge is 2.31. The van der Waals surface area contributed by atoms with Crippen LogP contribution in [-0.4, -0.2) is 72.6 Å². The molecule has 6 nitrogen and oxygen atoms in total. The van der Waals surface area contributed by atoms with Crippen LogP contribution < -0.4 is 10.6 Å². The summed E-state index contributed by atoms with van der Waals surface area (Å²) >= 11 is 1.74. The number of guanidine groups is 1. The number of fused-ring (bicyclic) bond motifs is 3. The SMILES string of the molecule is CCNC(=NCc1sc(C)nc1C)NCC1CN2CCN1CC2.I. The Morgan fingerprint density at radius 3 is 2.54 bits per heavy atom. The van der Waals surface area contributed by atoms with Gasteiger partial charge in [-0.15, -0.1) is 35.3 Å². The number of nitrogens with one attached hydrogen (secondary N) is 2. The van der Waals surface area contributed by atoms with Gasteiger partial charge in [-0.05, 0) is 20.8 Å². The number of nitrogens with zero attached hydrogens (tertiary/aromatic N) is 4. The molecule has 2 N–H and O–H groups in total. The molecule has 8 heteroatoms. The van der Waals surface area contributed by atoms with Crippen molar-refractivity contribution in [2.45, 2.75) is 33.4 Å². The normalized spacial score (nSPS) is 26.1. The van der Waals surface area contributed by atoms with E-state index in [1.807, 2.05) is 0 Å². The van der Waals surface area contributed by atoms with Crippen molar-refractivity contribution in [2.75, 3.05) is 45.8 Å². The molecule has 0 aliphatic carbocycles. The summed E-state index contributed by atoms with van der Waals surface area (Å²) in [5, 5.41) is 8.00. The van der Waals surface area contributed by atoms with Crippen molar-refractivity contribution in [1.29, 1.82) is 0 Å². The molecule has 24 heavy (non-hydrogen) atoms. The Balaban J connectivity index is 0.00000208. The molecule has 0 saturated carbocycles. The second-order valence-corrected chi connectivity index (χ2v) is 7.60. The van der Waals surface area contributed by atoms with Gasteiger partial charge >= 0.3 is 0 Å². The molecule has 3 aliphatic rings. The minimum absolute atomic E-state index is 0. The molecule has 0 amide bonds. The van der Waals surface area contributed by atoms with Gasteiger partial charge in [-0.1, -0.05) is 0 Å². The Morgan fingerprint density at radius 2 is 2.00 bits per heavy atom. The number of rotatable bonds is 5. The molecule has 3 saturated heterocycles. The van der Waals surface area contributed by atoms with Crippen LogP contribution in [0.25, 0.3) is 0 Å². The van der Waals surface area contributed by atoms with E-state index in [9.17, 15) is 0 Å². The molecule has 136 valence electrons. The number of aryl methyl sites for hydroxylation is 2. The minimum Gasteiger partial charge on any atom is -0.357 e. The Labute approximate surface area is 166 Å². The highest BCUT2D eigenvalue weighted by molar-refractivity contribution is 14.0. The predicted molar refractivity (Wildman–Crippen MR) is 112 cm³/mol. The Kier molecular flexibility index (Phi) is 7.70. The van der Waals surface area contributed by atoms with Crippen LogP contribution >= 0.6 is 35.3 Å². The van der Waals surface area contributed by atoms with E-state index < -0.39 is 0 Å². The smallest absolute Gasteiger partial charge is 0.191 e. The van der Waals surface area contributed by atoms with Gasteiger partial charge in [0.05, 0.1) is 17.2 Å². The molecule has 4 heterocycles. The van der Waals surface area contributed by atoms with Gasteiger partial charge in [-0.2, -0.15) is 0 Å². The summed E-state index contributed by atoms with van der Waals surface area (Å²) in [7, 11) is 0.